The number of methoxy groups -OCH3 is 1. The first-order valence-electron chi connectivity index (χ1n) is 8.08. The van der Waals surface area contributed by atoms with Gasteiger partial charge in [-0.1, -0.05) is 5.21 Å². The molecule has 0 unspecified atom stereocenters. The molecule has 2 aromatic rings. The third kappa shape index (κ3) is 3.24. The van der Waals surface area contributed by atoms with Crippen LogP contribution in [0.1, 0.15) is 29.0 Å². The van der Waals surface area contributed by atoms with Gasteiger partial charge in [0, 0.05) is 13.0 Å². The van der Waals surface area contributed by atoms with Crippen LogP contribution in [0.5, 0.6) is 5.75 Å². The highest BCUT2D eigenvalue weighted by atomic mass is 16.5. The average Bonchev–Trinajstić information content (AvgIpc) is 2.95. The van der Waals surface area contributed by atoms with Crippen LogP contribution >= 0.6 is 0 Å². The molecule has 1 saturated carbocycles. The Morgan fingerprint density at radius 1 is 1.40 bits per heavy atom. The van der Waals surface area contributed by atoms with Crippen molar-refractivity contribution in [3.05, 3.63) is 23.5 Å². The van der Waals surface area contributed by atoms with Crippen molar-refractivity contribution in [2.24, 2.45) is 18.9 Å². The maximum absolute atomic E-state index is 11.6. The number of hydrogen-bond donors (Lipinski definition) is 0. The summed E-state index contributed by atoms with van der Waals surface area (Å²) >= 11 is 0. The second-order valence-corrected chi connectivity index (χ2v) is 6.12. The normalized spacial score (nSPS) is 19.2. The van der Waals surface area contributed by atoms with E-state index in [9.17, 15) is 9.59 Å². The van der Waals surface area contributed by atoms with E-state index in [1.54, 1.807) is 19.2 Å². The smallest absolute Gasteiger partial charge is 0.309 e. The number of aromatic nitrogens is 4. The van der Waals surface area contributed by atoms with Crippen LogP contribution in [0, 0.1) is 18.8 Å². The van der Waals surface area contributed by atoms with Crippen molar-refractivity contribution in [3.8, 4) is 17.1 Å². The highest BCUT2D eigenvalue weighted by Crippen LogP contribution is 2.36. The predicted octanol–water partition coefficient (Wildman–Crippen LogP) is 1.58. The third-order valence-electron chi connectivity index (χ3n) is 4.64. The first-order valence-corrected chi connectivity index (χ1v) is 8.08. The quantitative estimate of drug-likeness (QED) is 0.580. The number of hydrogen-bond acceptors (Lipinski definition) is 7. The lowest BCUT2D eigenvalue weighted by Gasteiger charge is -2.34. The van der Waals surface area contributed by atoms with Crippen molar-refractivity contribution < 1.29 is 19.1 Å². The molecule has 8 heteroatoms. The molecule has 0 aromatic carbocycles. The summed E-state index contributed by atoms with van der Waals surface area (Å²) in [5.41, 5.74) is 2.07. The molecule has 8 nitrogen and oxygen atoms in total. The Morgan fingerprint density at radius 3 is 2.80 bits per heavy atom. The molecule has 2 heterocycles. The van der Waals surface area contributed by atoms with Gasteiger partial charge >= 0.3 is 5.97 Å². The molecule has 3 rings (SSSR count). The molecule has 0 amide bonds. The molecule has 1 fully saturated rings. The molecule has 0 N–H and O–H groups in total. The third-order valence-corrected chi connectivity index (χ3v) is 4.64. The highest BCUT2D eigenvalue weighted by Gasteiger charge is 2.37. The number of rotatable bonds is 6. The van der Waals surface area contributed by atoms with Gasteiger partial charge in [-0.3, -0.25) is 9.59 Å². The van der Waals surface area contributed by atoms with Crippen molar-refractivity contribution in [2.75, 3.05) is 13.7 Å². The van der Waals surface area contributed by atoms with E-state index in [2.05, 4.69) is 15.3 Å². The average molecular weight is 344 g/mol. The fourth-order valence-corrected chi connectivity index (χ4v) is 2.94. The van der Waals surface area contributed by atoms with Crippen LogP contribution in [-0.2, 0) is 16.6 Å². The number of nitrogens with zero attached hydrogens (tertiary/aromatic N) is 4. The maximum atomic E-state index is 11.6. The lowest BCUT2D eigenvalue weighted by Crippen LogP contribution is -2.37. The van der Waals surface area contributed by atoms with Crippen LogP contribution in [0.3, 0.4) is 0 Å². The number of esters is 1. The van der Waals surface area contributed by atoms with E-state index in [0.717, 1.165) is 12.8 Å². The second kappa shape index (κ2) is 7.00. The van der Waals surface area contributed by atoms with E-state index < -0.39 is 0 Å². The number of aldehydes is 1. The topological polar surface area (TPSA) is 96.2 Å². The van der Waals surface area contributed by atoms with Gasteiger partial charge in [-0.15, -0.1) is 5.10 Å². The SMILES string of the molecule is COC(=O)[C@@H]1CC[C@H]1COc1ccc(-c2nnn(C)c2C=O)nc1C. The van der Waals surface area contributed by atoms with Gasteiger partial charge in [0.05, 0.1) is 31.0 Å². The fraction of sp³-hybridized carbons (Fsp3) is 0.471. The molecule has 1 aliphatic rings. The molecule has 0 spiro atoms. The standard InChI is InChI=1S/C17H20N4O4/c1-10-15(25-9-11-4-5-12(11)17(23)24-3)7-6-13(18-10)16-14(8-22)21(2)20-19-16/h6-8,11-12H,4-5,9H2,1-3H3/t11-,12+/m0/s1. The largest absolute Gasteiger partial charge is 0.491 e. The summed E-state index contributed by atoms with van der Waals surface area (Å²) in [5, 5.41) is 7.84. The molecule has 2 aromatic heterocycles. The van der Waals surface area contributed by atoms with E-state index in [0.29, 0.717) is 41.4 Å². The summed E-state index contributed by atoms with van der Waals surface area (Å²) in [6.07, 6.45) is 2.50. The van der Waals surface area contributed by atoms with Crippen molar-refractivity contribution in [2.45, 2.75) is 19.8 Å². The zero-order valence-electron chi connectivity index (χ0n) is 14.4. The van der Waals surface area contributed by atoms with Gasteiger partial charge < -0.3 is 9.47 Å². The number of pyridine rings is 1. The van der Waals surface area contributed by atoms with E-state index in [-0.39, 0.29) is 17.8 Å². The zero-order chi connectivity index (χ0) is 18.0. The first-order chi connectivity index (χ1) is 12.0. The lowest BCUT2D eigenvalue weighted by atomic mass is 9.74. The molecule has 0 bridgehead atoms. The summed E-state index contributed by atoms with van der Waals surface area (Å²) in [4.78, 5) is 27.3. The number of carbonyl (C=O) groups is 2. The lowest BCUT2D eigenvalue weighted by molar-refractivity contribution is -0.152. The Bertz CT molecular complexity index is 802. The Morgan fingerprint density at radius 2 is 2.20 bits per heavy atom. The molecule has 1 aliphatic carbocycles. The Kier molecular flexibility index (Phi) is 4.78. The number of aryl methyl sites for hydroxylation is 2. The van der Waals surface area contributed by atoms with Crippen molar-refractivity contribution in [3.63, 3.8) is 0 Å². The summed E-state index contributed by atoms with van der Waals surface area (Å²) in [6, 6.07) is 3.55. The minimum absolute atomic E-state index is 0.0766. The van der Waals surface area contributed by atoms with E-state index in [1.165, 1.54) is 11.8 Å². The predicted molar refractivity (Wildman–Crippen MR) is 88.1 cm³/mol. The second-order valence-electron chi connectivity index (χ2n) is 6.12. The van der Waals surface area contributed by atoms with Gasteiger partial charge in [0.2, 0.25) is 0 Å². The van der Waals surface area contributed by atoms with Crippen molar-refractivity contribution in [1.29, 1.82) is 0 Å². The number of carbonyl (C=O) groups excluding carboxylic acids is 2. The molecule has 2 atom stereocenters. The van der Waals surface area contributed by atoms with Gasteiger partial charge in [0.1, 0.15) is 17.1 Å². The van der Waals surface area contributed by atoms with Crippen LogP contribution < -0.4 is 4.74 Å². The van der Waals surface area contributed by atoms with E-state index in [1.807, 2.05) is 6.92 Å². The summed E-state index contributed by atoms with van der Waals surface area (Å²) in [5.74, 6) is 0.574. The van der Waals surface area contributed by atoms with Gasteiger partial charge in [-0.2, -0.15) is 0 Å². The number of ether oxygens (including phenoxy) is 2. The summed E-state index contributed by atoms with van der Waals surface area (Å²) < 4.78 is 12.0. The van der Waals surface area contributed by atoms with Crippen LogP contribution in [0.15, 0.2) is 12.1 Å². The zero-order valence-corrected chi connectivity index (χ0v) is 14.4. The molecular formula is C17H20N4O4. The Balaban J connectivity index is 1.70. The summed E-state index contributed by atoms with van der Waals surface area (Å²) in [6.45, 7) is 2.28. The van der Waals surface area contributed by atoms with Crippen LogP contribution in [0.2, 0.25) is 0 Å². The summed E-state index contributed by atoms with van der Waals surface area (Å²) in [7, 11) is 3.06. The van der Waals surface area contributed by atoms with Crippen molar-refractivity contribution in [1.82, 2.24) is 20.0 Å². The first kappa shape index (κ1) is 17.1. The molecule has 0 saturated heterocycles. The molecule has 0 aliphatic heterocycles. The maximum Gasteiger partial charge on any atom is 0.309 e. The van der Waals surface area contributed by atoms with Gasteiger partial charge in [-0.05, 0) is 31.9 Å². The van der Waals surface area contributed by atoms with Gasteiger partial charge in [0.25, 0.3) is 0 Å². The molecule has 132 valence electrons. The fourth-order valence-electron chi connectivity index (χ4n) is 2.94. The monoisotopic (exact) mass is 344 g/mol. The Hall–Kier alpha value is -2.77. The van der Waals surface area contributed by atoms with Crippen LogP contribution in [0.25, 0.3) is 11.4 Å². The van der Waals surface area contributed by atoms with Crippen LogP contribution in [-0.4, -0.2) is 45.9 Å². The van der Waals surface area contributed by atoms with Gasteiger partial charge in [-0.25, -0.2) is 9.67 Å². The molecule has 0 radical (unpaired) electrons. The van der Waals surface area contributed by atoms with Crippen molar-refractivity contribution >= 4 is 12.3 Å². The molecular weight excluding hydrogens is 324 g/mol. The minimum atomic E-state index is -0.172. The van der Waals surface area contributed by atoms with E-state index in [4.69, 9.17) is 9.47 Å². The Labute approximate surface area is 145 Å². The van der Waals surface area contributed by atoms with Crippen LogP contribution in [0.4, 0.5) is 0 Å². The van der Waals surface area contributed by atoms with E-state index >= 15 is 0 Å². The highest BCUT2D eigenvalue weighted by molar-refractivity contribution is 5.82. The minimum Gasteiger partial charge on any atom is -0.491 e. The molecule has 25 heavy (non-hydrogen) atoms. The van der Waals surface area contributed by atoms with Gasteiger partial charge in [0.15, 0.2) is 6.29 Å².